The van der Waals surface area contributed by atoms with Crippen LogP contribution in [0, 0.1) is 11.8 Å². The number of aryl methyl sites for hydroxylation is 1. The van der Waals surface area contributed by atoms with Gasteiger partial charge in [0.1, 0.15) is 0 Å². The third-order valence-corrected chi connectivity index (χ3v) is 3.41. The maximum atomic E-state index is 5.75. The van der Waals surface area contributed by atoms with Gasteiger partial charge in [-0.2, -0.15) is 0 Å². The maximum Gasteiger partial charge on any atom is 0.0205 e. The summed E-state index contributed by atoms with van der Waals surface area (Å²) in [5.74, 6) is 1.22. The van der Waals surface area contributed by atoms with Gasteiger partial charge in [0.25, 0.3) is 0 Å². The topological polar surface area (TPSA) is 38.0 Å². The van der Waals surface area contributed by atoms with Crippen molar-refractivity contribution in [2.24, 2.45) is 17.6 Å². The Hall–Kier alpha value is -0.860. The number of nitrogens with one attached hydrogen (secondary N) is 1. The van der Waals surface area contributed by atoms with Crippen LogP contribution in [0.1, 0.15) is 31.9 Å². The van der Waals surface area contributed by atoms with Gasteiger partial charge in [-0.1, -0.05) is 45.0 Å². The highest BCUT2D eigenvalue weighted by Crippen LogP contribution is 2.08. The lowest BCUT2D eigenvalue weighted by Crippen LogP contribution is -2.31. The molecule has 0 aliphatic rings. The Bertz CT molecular complexity index is 303. The first-order chi connectivity index (χ1) is 8.17. The maximum absolute atomic E-state index is 5.75. The lowest BCUT2D eigenvalue weighted by atomic mass is 9.96. The number of hydrogen-bond donors (Lipinski definition) is 2. The second-order valence-corrected chi connectivity index (χ2v) is 5.04. The Labute approximate surface area is 106 Å². The van der Waals surface area contributed by atoms with Gasteiger partial charge in [0.05, 0.1) is 0 Å². The van der Waals surface area contributed by atoms with Gasteiger partial charge in [-0.25, -0.2) is 0 Å². The molecule has 0 spiro atoms. The molecular weight excluding hydrogens is 208 g/mol. The van der Waals surface area contributed by atoms with Crippen LogP contribution < -0.4 is 11.1 Å². The van der Waals surface area contributed by atoms with E-state index in [4.69, 9.17) is 5.73 Å². The third kappa shape index (κ3) is 4.88. The van der Waals surface area contributed by atoms with E-state index in [1.54, 1.807) is 0 Å². The van der Waals surface area contributed by atoms with E-state index < -0.39 is 0 Å². The van der Waals surface area contributed by atoms with Crippen LogP contribution in [0.25, 0.3) is 0 Å². The van der Waals surface area contributed by atoms with E-state index in [2.05, 4.69) is 50.4 Å². The normalized spacial score (nSPS) is 13.0. The van der Waals surface area contributed by atoms with Crippen molar-refractivity contribution < 1.29 is 0 Å². The van der Waals surface area contributed by atoms with Crippen LogP contribution >= 0.6 is 0 Å². The Kier molecular flexibility index (Phi) is 6.23. The molecule has 0 saturated carbocycles. The van der Waals surface area contributed by atoms with E-state index in [0.717, 1.165) is 26.1 Å². The fraction of sp³-hybridized carbons (Fsp3) is 0.600. The zero-order valence-electron chi connectivity index (χ0n) is 11.4. The van der Waals surface area contributed by atoms with Crippen LogP contribution in [0.3, 0.4) is 0 Å². The van der Waals surface area contributed by atoms with Gasteiger partial charge in [0.15, 0.2) is 0 Å². The molecule has 17 heavy (non-hydrogen) atoms. The summed E-state index contributed by atoms with van der Waals surface area (Å²) < 4.78 is 0. The molecule has 0 amide bonds. The number of nitrogens with two attached hydrogens (primary N) is 1. The molecule has 0 aliphatic heterocycles. The SMILES string of the molecule is CCc1ccc(CNCC(CN)C(C)C)cc1. The smallest absolute Gasteiger partial charge is 0.0205 e. The summed E-state index contributed by atoms with van der Waals surface area (Å²) in [5, 5.41) is 3.49. The first kappa shape index (κ1) is 14.2. The van der Waals surface area contributed by atoms with Crippen LogP contribution in [-0.4, -0.2) is 13.1 Å². The van der Waals surface area contributed by atoms with Crippen LogP contribution in [0.4, 0.5) is 0 Å². The standard InChI is InChI=1S/C15H26N2/c1-4-13-5-7-14(8-6-13)10-17-11-15(9-16)12(2)3/h5-8,12,15,17H,4,9-11,16H2,1-3H3. The van der Waals surface area contributed by atoms with E-state index in [1.807, 2.05) is 0 Å². The predicted octanol–water partition coefficient (Wildman–Crippen LogP) is 2.57. The Morgan fingerprint density at radius 1 is 1.12 bits per heavy atom. The van der Waals surface area contributed by atoms with Gasteiger partial charge in [0, 0.05) is 6.54 Å². The molecule has 3 N–H and O–H groups in total. The van der Waals surface area contributed by atoms with Gasteiger partial charge >= 0.3 is 0 Å². The summed E-state index contributed by atoms with van der Waals surface area (Å²) in [4.78, 5) is 0. The van der Waals surface area contributed by atoms with Crippen LogP contribution in [0.5, 0.6) is 0 Å². The first-order valence-electron chi connectivity index (χ1n) is 6.66. The Morgan fingerprint density at radius 3 is 2.18 bits per heavy atom. The molecule has 0 radical (unpaired) electrons. The number of benzene rings is 1. The van der Waals surface area contributed by atoms with Gasteiger partial charge in [-0.3, -0.25) is 0 Å². The van der Waals surface area contributed by atoms with E-state index in [-0.39, 0.29) is 0 Å². The molecule has 2 heteroatoms. The predicted molar refractivity (Wildman–Crippen MR) is 74.9 cm³/mol. The second kappa shape index (κ2) is 7.46. The largest absolute Gasteiger partial charge is 0.330 e. The molecule has 2 nitrogen and oxygen atoms in total. The van der Waals surface area contributed by atoms with E-state index in [9.17, 15) is 0 Å². The van der Waals surface area contributed by atoms with Crippen molar-refractivity contribution in [3.8, 4) is 0 Å². The van der Waals surface area contributed by atoms with Crippen LogP contribution in [-0.2, 0) is 13.0 Å². The van der Waals surface area contributed by atoms with Crippen molar-refractivity contribution in [3.05, 3.63) is 35.4 Å². The molecule has 1 rings (SSSR count). The van der Waals surface area contributed by atoms with Gasteiger partial charge in [0.2, 0.25) is 0 Å². The second-order valence-electron chi connectivity index (χ2n) is 5.04. The van der Waals surface area contributed by atoms with E-state index >= 15 is 0 Å². The van der Waals surface area contributed by atoms with Crippen molar-refractivity contribution in [2.45, 2.75) is 33.7 Å². The summed E-state index contributed by atoms with van der Waals surface area (Å²) in [6.07, 6.45) is 1.11. The van der Waals surface area contributed by atoms with Gasteiger partial charge < -0.3 is 11.1 Å². The quantitative estimate of drug-likeness (QED) is 0.761. The highest BCUT2D eigenvalue weighted by Gasteiger charge is 2.10. The zero-order chi connectivity index (χ0) is 12.7. The monoisotopic (exact) mass is 234 g/mol. The molecule has 1 aromatic rings. The first-order valence-corrected chi connectivity index (χ1v) is 6.66. The van der Waals surface area contributed by atoms with Crippen molar-refractivity contribution in [2.75, 3.05) is 13.1 Å². The summed E-state index contributed by atoms with van der Waals surface area (Å²) in [5.41, 5.74) is 8.50. The van der Waals surface area contributed by atoms with Crippen molar-refractivity contribution in [1.82, 2.24) is 5.32 Å². The molecule has 0 heterocycles. The van der Waals surface area contributed by atoms with Gasteiger partial charge in [-0.05, 0) is 42.5 Å². The molecule has 0 bridgehead atoms. The molecule has 1 aromatic carbocycles. The average Bonchev–Trinajstić information content (AvgIpc) is 2.35. The fourth-order valence-electron chi connectivity index (χ4n) is 1.89. The van der Waals surface area contributed by atoms with Crippen molar-refractivity contribution in [1.29, 1.82) is 0 Å². The van der Waals surface area contributed by atoms with E-state index in [0.29, 0.717) is 11.8 Å². The molecule has 1 atom stereocenters. The summed E-state index contributed by atoms with van der Waals surface area (Å²) >= 11 is 0. The summed E-state index contributed by atoms with van der Waals surface area (Å²) in [6, 6.07) is 8.83. The highest BCUT2D eigenvalue weighted by atomic mass is 14.9. The molecule has 0 saturated heterocycles. The average molecular weight is 234 g/mol. The molecule has 1 unspecified atom stereocenters. The van der Waals surface area contributed by atoms with Crippen LogP contribution in [0.2, 0.25) is 0 Å². The van der Waals surface area contributed by atoms with Crippen LogP contribution in [0.15, 0.2) is 24.3 Å². The molecule has 96 valence electrons. The fourth-order valence-corrected chi connectivity index (χ4v) is 1.89. The molecular formula is C15H26N2. The minimum atomic E-state index is 0.574. The Balaban J connectivity index is 2.34. The van der Waals surface area contributed by atoms with Crippen molar-refractivity contribution in [3.63, 3.8) is 0 Å². The number of rotatable bonds is 7. The molecule has 0 aromatic heterocycles. The van der Waals surface area contributed by atoms with Gasteiger partial charge in [-0.15, -0.1) is 0 Å². The lowest BCUT2D eigenvalue weighted by Gasteiger charge is -2.19. The number of hydrogen-bond acceptors (Lipinski definition) is 2. The molecule has 0 fully saturated rings. The Morgan fingerprint density at radius 2 is 1.71 bits per heavy atom. The molecule has 0 aliphatic carbocycles. The zero-order valence-corrected chi connectivity index (χ0v) is 11.4. The van der Waals surface area contributed by atoms with E-state index in [1.165, 1.54) is 11.1 Å². The summed E-state index contributed by atoms with van der Waals surface area (Å²) in [7, 11) is 0. The third-order valence-electron chi connectivity index (χ3n) is 3.41. The lowest BCUT2D eigenvalue weighted by molar-refractivity contribution is 0.370. The summed E-state index contributed by atoms with van der Waals surface area (Å²) in [6.45, 7) is 9.35. The minimum Gasteiger partial charge on any atom is -0.330 e. The minimum absolute atomic E-state index is 0.574. The highest BCUT2D eigenvalue weighted by molar-refractivity contribution is 5.22. The van der Waals surface area contributed by atoms with Crippen molar-refractivity contribution >= 4 is 0 Å².